The van der Waals surface area contributed by atoms with Crippen LogP contribution < -0.4 is 5.32 Å². The van der Waals surface area contributed by atoms with Crippen LogP contribution in [0.1, 0.15) is 38.3 Å². The maximum Gasteiger partial charge on any atom is 0.0372 e. The zero-order valence-corrected chi connectivity index (χ0v) is 10.1. The summed E-state index contributed by atoms with van der Waals surface area (Å²) < 4.78 is 0. The van der Waals surface area contributed by atoms with Crippen LogP contribution in [-0.2, 0) is 12.8 Å². The molecule has 1 aliphatic rings. The average molecular weight is 203 g/mol. The molecule has 1 aromatic rings. The van der Waals surface area contributed by atoms with Crippen molar-refractivity contribution < 1.29 is 0 Å². The minimum atomic E-state index is 0.385. The zero-order chi connectivity index (χ0) is 10.9. The number of hydrogen-bond acceptors (Lipinski definition) is 1. The van der Waals surface area contributed by atoms with Gasteiger partial charge in [0.1, 0.15) is 0 Å². The van der Waals surface area contributed by atoms with Gasteiger partial charge in [0.25, 0.3) is 0 Å². The molecule has 0 saturated carbocycles. The second-order valence-corrected chi connectivity index (χ2v) is 5.76. The topological polar surface area (TPSA) is 12.0 Å². The molecule has 0 spiro atoms. The van der Waals surface area contributed by atoms with E-state index in [9.17, 15) is 0 Å². The van der Waals surface area contributed by atoms with Crippen LogP contribution in [-0.4, -0.2) is 6.54 Å². The van der Waals surface area contributed by atoms with Gasteiger partial charge in [-0.15, -0.1) is 0 Å². The van der Waals surface area contributed by atoms with Gasteiger partial charge in [-0.05, 0) is 41.9 Å². The van der Waals surface area contributed by atoms with Crippen molar-refractivity contribution in [2.45, 2.75) is 40.0 Å². The van der Waals surface area contributed by atoms with Crippen molar-refractivity contribution in [3.05, 3.63) is 29.3 Å². The molecule has 0 atom stereocenters. The third-order valence-electron chi connectivity index (χ3n) is 2.84. The van der Waals surface area contributed by atoms with Gasteiger partial charge in [0.05, 0.1) is 0 Å². The van der Waals surface area contributed by atoms with Gasteiger partial charge in [0.2, 0.25) is 0 Å². The van der Waals surface area contributed by atoms with Gasteiger partial charge < -0.3 is 5.32 Å². The van der Waals surface area contributed by atoms with Crippen molar-refractivity contribution in [1.29, 1.82) is 0 Å². The molecule has 1 heterocycles. The highest BCUT2D eigenvalue weighted by Crippen LogP contribution is 2.26. The molecule has 1 aliphatic heterocycles. The molecule has 0 fully saturated rings. The highest BCUT2D eigenvalue weighted by molar-refractivity contribution is 5.54. The normalized spacial score (nSPS) is 15.7. The summed E-state index contributed by atoms with van der Waals surface area (Å²) in [6.07, 6.45) is 3.67. The molecule has 0 radical (unpaired) electrons. The first-order valence-corrected chi connectivity index (χ1v) is 5.90. The number of benzene rings is 1. The summed E-state index contributed by atoms with van der Waals surface area (Å²) in [6, 6.07) is 6.89. The first kappa shape index (κ1) is 10.5. The zero-order valence-electron chi connectivity index (χ0n) is 10.1. The SMILES string of the molecule is CC(C)(C)Cc1ccc2c(c1)CCCN2. The lowest BCUT2D eigenvalue weighted by molar-refractivity contribution is 0.411. The maximum atomic E-state index is 3.45. The second kappa shape index (κ2) is 3.88. The number of anilines is 1. The summed E-state index contributed by atoms with van der Waals surface area (Å²) in [6.45, 7) is 8.02. The Kier molecular flexibility index (Phi) is 2.72. The van der Waals surface area contributed by atoms with Crippen LogP contribution in [0.4, 0.5) is 5.69 Å². The Morgan fingerprint density at radius 2 is 2.07 bits per heavy atom. The molecule has 0 aromatic heterocycles. The van der Waals surface area contributed by atoms with E-state index in [2.05, 4.69) is 44.3 Å². The minimum Gasteiger partial charge on any atom is -0.385 e. The number of rotatable bonds is 1. The Labute approximate surface area is 92.9 Å². The summed E-state index contributed by atoms with van der Waals surface area (Å²) >= 11 is 0. The smallest absolute Gasteiger partial charge is 0.0372 e. The van der Waals surface area contributed by atoms with Gasteiger partial charge in [0.15, 0.2) is 0 Å². The third kappa shape index (κ3) is 2.74. The van der Waals surface area contributed by atoms with Crippen molar-refractivity contribution in [2.75, 3.05) is 11.9 Å². The van der Waals surface area contributed by atoms with E-state index in [1.165, 1.54) is 36.1 Å². The van der Waals surface area contributed by atoms with E-state index in [-0.39, 0.29) is 0 Å². The van der Waals surface area contributed by atoms with Gasteiger partial charge in [-0.2, -0.15) is 0 Å². The molecule has 1 nitrogen and oxygen atoms in total. The van der Waals surface area contributed by atoms with Gasteiger partial charge >= 0.3 is 0 Å². The van der Waals surface area contributed by atoms with Crippen molar-refractivity contribution in [3.63, 3.8) is 0 Å². The van der Waals surface area contributed by atoms with Crippen LogP contribution in [0.15, 0.2) is 18.2 Å². The van der Waals surface area contributed by atoms with Gasteiger partial charge in [0, 0.05) is 12.2 Å². The Hall–Kier alpha value is -0.980. The van der Waals surface area contributed by atoms with E-state index in [1.807, 2.05) is 0 Å². The predicted octanol–water partition coefficient (Wildman–Crippen LogP) is 3.63. The van der Waals surface area contributed by atoms with Crippen LogP contribution in [0, 0.1) is 5.41 Å². The van der Waals surface area contributed by atoms with Crippen LogP contribution >= 0.6 is 0 Å². The third-order valence-corrected chi connectivity index (χ3v) is 2.84. The summed E-state index contributed by atoms with van der Waals surface area (Å²) in [5.41, 5.74) is 4.71. The molecule has 2 rings (SSSR count). The molecule has 1 N–H and O–H groups in total. The highest BCUT2D eigenvalue weighted by Gasteiger charge is 2.13. The molecule has 0 amide bonds. The first-order chi connectivity index (χ1) is 7.04. The van der Waals surface area contributed by atoms with Crippen molar-refractivity contribution in [2.24, 2.45) is 5.41 Å². The molecule has 0 aliphatic carbocycles. The molecular formula is C14H21N. The number of nitrogens with one attached hydrogen (secondary N) is 1. The molecular weight excluding hydrogens is 182 g/mol. The molecule has 1 aromatic carbocycles. The Morgan fingerprint density at radius 1 is 1.27 bits per heavy atom. The number of fused-ring (bicyclic) bond motifs is 1. The lowest BCUT2D eigenvalue weighted by Crippen LogP contribution is -2.13. The van der Waals surface area contributed by atoms with Gasteiger partial charge in [-0.1, -0.05) is 32.9 Å². The van der Waals surface area contributed by atoms with E-state index >= 15 is 0 Å². The summed E-state index contributed by atoms with van der Waals surface area (Å²) in [4.78, 5) is 0. The summed E-state index contributed by atoms with van der Waals surface area (Å²) in [5, 5.41) is 3.45. The lowest BCUT2D eigenvalue weighted by atomic mass is 9.87. The van der Waals surface area contributed by atoms with Crippen molar-refractivity contribution in [1.82, 2.24) is 0 Å². The fraction of sp³-hybridized carbons (Fsp3) is 0.571. The van der Waals surface area contributed by atoms with E-state index in [0.717, 1.165) is 6.54 Å². The van der Waals surface area contributed by atoms with Crippen LogP contribution in [0.25, 0.3) is 0 Å². The fourth-order valence-corrected chi connectivity index (χ4v) is 2.25. The van der Waals surface area contributed by atoms with E-state index in [1.54, 1.807) is 0 Å². The van der Waals surface area contributed by atoms with E-state index < -0.39 is 0 Å². The largest absolute Gasteiger partial charge is 0.385 e. The second-order valence-electron chi connectivity index (χ2n) is 5.76. The minimum absolute atomic E-state index is 0.385. The van der Waals surface area contributed by atoms with Crippen LogP contribution in [0.3, 0.4) is 0 Å². The quantitative estimate of drug-likeness (QED) is 0.735. The Morgan fingerprint density at radius 3 is 2.80 bits per heavy atom. The monoisotopic (exact) mass is 203 g/mol. The highest BCUT2D eigenvalue weighted by atomic mass is 14.9. The molecule has 0 bridgehead atoms. The molecule has 0 saturated heterocycles. The van der Waals surface area contributed by atoms with E-state index in [4.69, 9.17) is 0 Å². The molecule has 1 heteroatoms. The summed E-state index contributed by atoms with van der Waals surface area (Å²) in [7, 11) is 0. The summed E-state index contributed by atoms with van der Waals surface area (Å²) in [5.74, 6) is 0. The maximum absolute atomic E-state index is 3.45. The Bertz CT molecular complexity index is 347. The van der Waals surface area contributed by atoms with Crippen LogP contribution in [0.5, 0.6) is 0 Å². The predicted molar refractivity (Wildman–Crippen MR) is 66.4 cm³/mol. The van der Waals surface area contributed by atoms with Crippen molar-refractivity contribution in [3.8, 4) is 0 Å². The Balaban J connectivity index is 2.21. The van der Waals surface area contributed by atoms with E-state index in [0.29, 0.717) is 5.41 Å². The van der Waals surface area contributed by atoms with Crippen molar-refractivity contribution >= 4 is 5.69 Å². The fourth-order valence-electron chi connectivity index (χ4n) is 2.25. The average Bonchev–Trinajstić information content (AvgIpc) is 2.15. The lowest BCUT2D eigenvalue weighted by Gasteiger charge is -2.22. The van der Waals surface area contributed by atoms with Gasteiger partial charge in [-0.3, -0.25) is 0 Å². The molecule has 15 heavy (non-hydrogen) atoms. The number of hydrogen-bond donors (Lipinski definition) is 1. The number of aryl methyl sites for hydroxylation is 1. The molecule has 82 valence electrons. The standard InChI is InChI=1S/C14H21N/c1-14(2,3)10-11-6-7-13-12(9-11)5-4-8-15-13/h6-7,9,15H,4-5,8,10H2,1-3H3. The first-order valence-electron chi connectivity index (χ1n) is 5.90. The van der Waals surface area contributed by atoms with Crippen LogP contribution in [0.2, 0.25) is 0 Å². The van der Waals surface area contributed by atoms with Gasteiger partial charge in [-0.25, -0.2) is 0 Å². The molecule has 0 unspecified atom stereocenters.